The van der Waals surface area contributed by atoms with E-state index in [0.29, 0.717) is 0 Å². The van der Waals surface area contributed by atoms with E-state index in [4.69, 9.17) is 0 Å². The predicted molar refractivity (Wildman–Crippen MR) is 82.0 cm³/mol. The van der Waals surface area contributed by atoms with Gasteiger partial charge in [-0.3, -0.25) is 4.79 Å². The Labute approximate surface area is 122 Å². The molecular weight excluding hydrogens is 250 g/mol. The third-order valence-electron chi connectivity index (χ3n) is 4.70. The maximum absolute atomic E-state index is 12.4. The topological polar surface area (TPSA) is 28.5 Å². The zero-order valence-electron chi connectivity index (χ0n) is 13.2. The highest BCUT2D eigenvalue weighted by atomic mass is 16.2. The number of rotatable bonds is 5. The standard InChI is InChI=1S/C16H27N3O/c1-13-15(9-10-17(13)2)16(20)19(4)12-11-18(3)14-7-5-6-8-14/h9-10,14H,5-8,11-12H2,1-4H3. The molecule has 0 radical (unpaired) electrons. The lowest BCUT2D eigenvalue weighted by Crippen LogP contribution is -2.38. The number of aromatic nitrogens is 1. The van der Waals surface area contributed by atoms with Gasteiger partial charge in [0.1, 0.15) is 0 Å². The van der Waals surface area contributed by atoms with E-state index in [0.717, 1.165) is 30.4 Å². The highest BCUT2D eigenvalue weighted by Crippen LogP contribution is 2.22. The van der Waals surface area contributed by atoms with Gasteiger partial charge in [-0.05, 0) is 32.9 Å². The fraction of sp³-hybridized carbons (Fsp3) is 0.688. The van der Waals surface area contributed by atoms with Gasteiger partial charge in [-0.2, -0.15) is 0 Å². The van der Waals surface area contributed by atoms with Crippen LogP contribution in [-0.4, -0.2) is 53.5 Å². The second-order valence-corrected chi connectivity index (χ2v) is 6.07. The van der Waals surface area contributed by atoms with Crippen molar-refractivity contribution in [2.24, 2.45) is 7.05 Å². The molecule has 0 spiro atoms. The number of nitrogens with zero attached hydrogens (tertiary/aromatic N) is 3. The van der Waals surface area contributed by atoms with Crippen LogP contribution in [0.25, 0.3) is 0 Å². The van der Waals surface area contributed by atoms with Crippen LogP contribution in [0.5, 0.6) is 0 Å². The zero-order chi connectivity index (χ0) is 14.7. The average Bonchev–Trinajstić information content (AvgIpc) is 3.07. The quantitative estimate of drug-likeness (QED) is 0.826. The normalized spacial score (nSPS) is 16.1. The van der Waals surface area contributed by atoms with Gasteiger partial charge in [0.25, 0.3) is 5.91 Å². The molecule has 0 bridgehead atoms. The molecule has 20 heavy (non-hydrogen) atoms. The van der Waals surface area contributed by atoms with Crippen molar-refractivity contribution in [3.8, 4) is 0 Å². The molecule has 0 N–H and O–H groups in total. The summed E-state index contributed by atoms with van der Waals surface area (Å²) in [5.41, 5.74) is 1.85. The number of hydrogen-bond acceptors (Lipinski definition) is 2. The van der Waals surface area contributed by atoms with Gasteiger partial charge in [0.05, 0.1) is 5.56 Å². The van der Waals surface area contributed by atoms with E-state index in [1.54, 1.807) is 0 Å². The van der Waals surface area contributed by atoms with Gasteiger partial charge in [-0.15, -0.1) is 0 Å². The summed E-state index contributed by atoms with van der Waals surface area (Å²) < 4.78 is 1.99. The second kappa shape index (κ2) is 6.44. The van der Waals surface area contributed by atoms with Crippen LogP contribution in [0.3, 0.4) is 0 Å². The third-order valence-corrected chi connectivity index (χ3v) is 4.70. The molecule has 1 aliphatic carbocycles. The monoisotopic (exact) mass is 277 g/mol. The van der Waals surface area contributed by atoms with E-state index < -0.39 is 0 Å². The molecular formula is C16H27N3O. The van der Waals surface area contributed by atoms with Crippen LogP contribution < -0.4 is 0 Å². The van der Waals surface area contributed by atoms with Gasteiger partial charge in [-0.25, -0.2) is 0 Å². The number of carbonyl (C=O) groups is 1. The Morgan fingerprint density at radius 2 is 1.95 bits per heavy atom. The Morgan fingerprint density at radius 3 is 2.50 bits per heavy atom. The minimum atomic E-state index is 0.128. The summed E-state index contributed by atoms with van der Waals surface area (Å²) in [5.74, 6) is 0.128. The zero-order valence-corrected chi connectivity index (χ0v) is 13.2. The first-order valence-corrected chi connectivity index (χ1v) is 7.58. The van der Waals surface area contributed by atoms with E-state index in [9.17, 15) is 4.79 Å². The first kappa shape index (κ1) is 15.1. The summed E-state index contributed by atoms with van der Waals surface area (Å²) in [6.07, 6.45) is 7.28. The molecule has 0 atom stereocenters. The Balaban J connectivity index is 1.86. The van der Waals surface area contributed by atoms with Crippen LogP contribution in [0.1, 0.15) is 41.7 Å². The molecule has 0 aliphatic heterocycles. The molecule has 0 aromatic carbocycles. The highest BCUT2D eigenvalue weighted by molar-refractivity contribution is 5.95. The van der Waals surface area contributed by atoms with Crippen LogP contribution in [0.15, 0.2) is 12.3 Å². The van der Waals surface area contributed by atoms with Gasteiger partial charge in [0.15, 0.2) is 0 Å². The number of aryl methyl sites for hydroxylation is 1. The molecule has 1 aromatic rings. The number of carbonyl (C=O) groups excluding carboxylic acids is 1. The van der Waals surface area contributed by atoms with Crippen LogP contribution >= 0.6 is 0 Å². The lowest BCUT2D eigenvalue weighted by Gasteiger charge is -2.26. The van der Waals surface area contributed by atoms with Gasteiger partial charge >= 0.3 is 0 Å². The fourth-order valence-corrected chi connectivity index (χ4v) is 2.98. The minimum Gasteiger partial charge on any atom is -0.354 e. The summed E-state index contributed by atoms with van der Waals surface area (Å²) in [5, 5.41) is 0. The summed E-state index contributed by atoms with van der Waals surface area (Å²) >= 11 is 0. The molecule has 2 rings (SSSR count). The van der Waals surface area contributed by atoms with E-state index >= 15 is 0 Å². The maximum Gasteiger partial charge on any atom is 0.255 e. The molecule has 1 heterocycles. The first-order valence-electron chi connectivity index (χ1n) is 7.58. The van der Waals surface area contributed by atoms with Crippen LogP contribution in [0.2, 0.25) is 0 Å². The van der Waals surface area contributed by atoms with E-state index in [1.807, 2.05) is 42.7 Å². The molecule has 1 aromatic heterocycles. The Kier molecular flexibility index (Phi) is 4.86. The van der Waals surface area contributed by atoms with Crippen LogP contribution in [0, 0.1) is 6.92 Å². The molecule has 4 nitrogen and oxygen atoms in total. The summed E-state index contributed by atoms with van der Waals surface area (Å²) in [6.45, 7) is 3.74. The average molecular weight is 277 g/mol. The number of hydrogen-bond donors (Lipinski definition) is 0. The predicted octanol–water partition coefficient (Wildman–Crippen LogP) is 2.28. The van der Waals surface area contributed by atoms with Crippen molar-refractivity contribution in [3.63, 3.8) is 0 Å². The molecule has 0 saturated heterocycles. The summed E-state index contributed by atoms with van der Waals surface area (Å²) in [7, 11) is 6.05. The first-order chi connectivity index (χ1) is 9.50. The van der Waals surface area contributed by atoms with E-state index in [1.165, 1.54) is 25.7 Å². The fourth-order valence-electron chi connectivity index (χ4n) is 2.98. The van der Waals surface area contributed by atoms with E-state index in [-0.39, 0.29) is 5.91 Å². The van der Waals surface area contributed by atoms with Crippen molar-refractivity contribution < 1.29 is 4.79 Å². The van der Waals surface area contributed by atoms with Crippen molar-refractivity contribution in [1.82, 2.24) is 14.4 Å². The van der Waals surface area contributed by atoms with Crippen molar-refractivity contribution in [3.05, 3.63) is 23.5 Å². The highest BCUT2D eigenvalue weighted by Gasteiger charge is 2.21. The Morgan fingerprint density at radius 1 is 1.30 bits per heavy atom. The van der Waals surface area contributed by atoms with Gasteiger partial charge in [-0.1, -0.05) is 12.8 Å². The minimum absolute atomic E-state index is 0.128. The number of amides is 1. The molecule has 4 heteroatoms. The molecule has 1 amide bonds. The summed E-state index contributed by atoms with van der Waals surface area (Å²) in [4.78, 5) is 16.7. The lowest BCUT2D eigenvalue weighted by atomic mass is 10.2. The largest absolute Gasteiger partial charge is 0.354 e. The van der Waals surface area contributed by atoms with Crippen LogP contribution in [0.4, 0.5) is 0 Å². The smallest absolute Gasteiger partial charge is 0.255 e. The van der Waals surface area contributed by atoms with Gasteiger partial charge < -0.3 is 14.4 Å². The Hall–Kier alpha value is -1.29. The SMILES string of the molecule is Cc1c(C(=O)N(C)CCN(C)C2CCCC2)ccn1C. The van der Waals surface area contributed by atoms with Crippen molar-refractivity contribution in [1.29, 1.82) is 0 Å². The lowest BCUT2D eigenvalue weighted by molar-refractivity contribution is 0.0774. The van der Waals surface area contributed by atoms with Crippen LogP contribution in [-0.2, 0) is 7.05 Å². The van der Waals surface area contributed by atoms with Crippen molar-refractivity contribution >= 4 is 5.91 Å². The maximum atomic E-state index is 12.4. The second-order valence-electron chi connectivity index (χ2n) is 6.07. The van der Waals surface area contributed by atoms with Crippen molar-refractivity contribution in [2.75, 3.05) is 27.2 Å². The molecule has 1 aliphatic rings. The van der Waals surface area contributed by atoms with Crippen molar-refractivity contribution in [2.45, 2.75) is 38.6 Å². The third kappa shape index (κ3) is 3.23. The number of likely N-dealkylation sites (N-methyl/N-ethyl adjacent to an activating group) is 2. The van der Waals surface area contributed by atoms with Gasteiger partial charge in [0, 0.05) is 45.1 Å². The van der Waals surface area contributed by atoms with E-state index in [2.05, 4.69) is 11.9 Å². The molecule has 112 valence electrons. The Bertz CT molecular complexity index is 460. The molecule has 1 saturated carbocycles. The molecule has 1 fully saturated rings. The van der Waals surface area contributed by atoms with Gasteiger partial charge in [0.2, 0.25) is 0 Å². The molecule has 0 unspecified atom stereocenters. The summed E-state index contributed by atoms with van der Waals surface area (Å²) in [6, 6.07) is 2.63.